The fourth-order valence-corrected chi connectivity index (χ4v) is 1.56. The van der Waals surface area contributed by atoms with Crippen molar-refractivity contribution in [1.82, 2.24) is 9.97 Å². The molecule has 1 aromatic heterocycles. The Morgan fingerprint density at radius 3 is 2.92 bits per heavy atom. The molecule has 72 valence electrons. The fourth-order valence-electron chi connectivity index (χ4n) is 0.797. The number of hydrogen-bond donors (Lipinski definition) is 3. The number of thioether (sulfide) groups is 1. The molecule has 0 spiro atoms. The maximum absolute atomic E-state index is 5.48. The Balaban J connectivity index is 2.76. The second-order valence-electron chi connectivity index (χ2n) is 2.44. The van der Waals surface area contributed by atoms with Gasteiger partial charge in [0.25, 0.3) is 0 Å². The van der Waals surface area contributed by atoms with Crippen LogP contribution in [0.15, 0.2) is 11.1 Å². The van der Waals surface area contributed by atoms with Crippen LogP contribution in [0.1, 0.15) is 13.3 Å². The van der Waals surface area contributed by atoms with Crippen LogP contribution in [0.3, 0.4) is 0 Å². The van der Waals surface area contributed by atoms with E-state index in [1.807, 2.05) is 0 Å². The van der Waals surface area contributed by atoms with Gasteiger partial charge in [0.1, 0.15) is 10.8 Å². The summed E-state index contributed by atoms with van der Waals surface area (Å²) < 4.78 is 0. The molecular formula is C7H13N5S. The summed E-state index contributed by atoms with van der Waals surface area (Å²) in [6, 6.07) is 1.77. The zero-order valence-electron chi connectivity index (χ0n) is 7.45. The van der Waals surface area contributed by atoms with Crippen molar-refractivity contribution < 1.29 is 0 Å². The van der Waals surface area contributed by atoms with Gasteiger partial charge >= 0.3 is 0 Å². The Bertz CT molecular complexity index is 278. The molecular weight excluding hydrogens is 186 g/mol. The zero-order chi connectivity index (χ0) is 9.68. The molecule has 1 heterocycles. The molecule has 13 heavy (non-hydrogen) atoms. The molecule has 0 saturated heterocycles. The lowest BCUT2D eigenvalue weighted by Crippen LogP contribution is -2.10. The first-order valence-corrected chi connectivity index (χ1v) is 4.98. The smallest absolute Gasteiger partial charge is 0.223 e. The van der Waals surface area contributed by atoms with Gasteiger partial charge < -0.3 is 11.2 Å². The predicted molar refractivity (Wildman–Crippen MR) is 55.3 cm³/mol. The van der Waals surface area contributed by atoms with E-state index in [0.717, 1.165) is 17.2 Å². The molecule has 5 N–H and O–H groups in total. The first-order chi connectivity index (χ1) is 6.26. The van der Waals surface area contributed by atoms with Gasteiger partial charge in [0.15, 0.2) is 0 Å². The first-order valence-electron chi connectivity index (χ1n) is 4.00. The highest BCUT2D eigenvalue weighted by atomic mass is 32.2. The number of aromatic nitrogens is 2. The van der Waals surface area contributed by atoms with Gasteiger partial charge in [0, 0.05) is 6.07 Å². The minimum atomic E-state index is 0.244. The summed E-state index contributed by atoms with van der Waals surface area (Å²) in [5.41, 5.74) is 7.92. The Morgan fingerprint density at radius 2 is 2.31 bits per heavy atom. The van der Waals surface area contributed by atoms with Gasteiger partial charge in [-0.3, -0.25) is 0 Å². The number of nitrogens with zero attached hydrogens (tertiary/aromatic N) is 2. The number of anilines is 2. The second kappa shape index (κ2) is 4.88. The minimum Gasteiger partial charge on any atom is -0.368 e. The molecule has 0 aromatic carbocycles. The van der Waals surface area contributed by atoms with Gasteiger partial charge in [-0.25, -0.2) is 10.8 Å². The average molecular weight is 199 g/mol. The molecule has 0 aliphatic carbocycles. The topological polar surface area (TPSA) is 89.8 Å². The maximum atomic E-state index is 5.48. The van der Waals surface area contributed by atoms with Crippen molar-refractivity contribution in [2.45, 2.75) is 18.4 Å². The third-order valence-electron chi connectivity index (χ3n) is 1.32. The third-order valence-corrected chi connectivity index (χ3v) is 2.44. The summed E-state index contributed by atoms with van der Waals surface area (Å²) in [6.07, 6.45) is 1.10. The van der Waals surface area contributed by atoms with Crippen LogP contribution in [0, 0.1) is 0 Å². The van der Waals surface area contributed by atoms with E-state index in [2.05, 4.69) is 22.3 Å². The summed E-state index contributed by atoms with van der Waals surface area (Å²) >= 11 is 1.64. The molecule has 1 rings (SSSR count). The standard InChI is InChI=1S/C7H13N5S/c1-2-3-13-6-4-5(12-9)10-7(8)11-6/h4H,2-3,9H2,1H3,(H3,8,10,11,12). The van der Waals surface area contributed by atoms with Gasteiger partial charge in [-0.15, -0.1) is 11.8 Å². The Morgan fingerprint density at radius 1 is 1.54 bits per heavy atom. The number of rotatable bonds is 4. The van der Waals surface area contributed by atoms with E-state index >= 15 is 0 Å². The molecule has 0 radical (unpaired) electrons. The number of nitrogen functional groups attached to an aromatic ring is 2. The molecule has 5 nitrogen and oxygen atoms in total. The maximum Gasteiger partial charge on any atom is 0.223 e. The van der Waals surface area contributed by atoms with Crippen LogP contribution in [0.25, 0.3) is 0 Å². The minimum absolute atomic E-state index is 0.244. The third kappa shape index (κ3) is 3.08. The van der Waals surface area contributed by atoms with E-state index in [9.17, 15) is 0 Å². The van der Waals surface area contributed by atoms with Gasteiger partial charge in [0.05, 0.1) is 0 Å². The van der Waals surface area contributed by atoms with E-state index in [-0.39, 0.29) is 5.95 Å². The lowest BCUT2D eigenvalue weighted by molar-refractivity contribution is 1.04. The summed E-state index contributed by atoms with van der Waals surface area (Å²) in [5.74, 6) is 7.02. The van der Waals surface area contributed by atoms with Gasteiger partial charge in [0.2, 0.25) is 5.95 Å². The van der Waals surface area contributed by atoms with Crippen LogP contribution >= 0.6 is 11.8 Å². The number of nitrogens with two attached hydrogens (primary N) is 2. The summed E-state index contributed by atoms with van der Waals surface area (Å²) in [7, 11) is 0. The summed E-state index contributed by atoms with van der Waals surface area (Å²) in [6.45, 7) is 2.11. The molecule has 0 unspecified atom stereocenters. The van der Waals surface area contributed by atoms with Crippen molar-refractivity contribution in [2.24, 2.45) is 5.84 Å². The zero-order valence-corrected chi connectivity index (χ0v) is 8.27. The van der Waals surface area contributed by atoms with E-state index in [1.54, 1.807) is 17.8 Å². The summed E-state index contributed by atoms with van der Waals surface area (Å²) in [5, 5.41) is 0.849. The molecule has 0 aliphatic rings. The van der Waals surface area contributed by atoms with E-state index < -0.39 is 0 Å². The van der Waals surface area contributed by atoms with Gasteiger partial charge in [-0.2, -0.15) is 4.98 Å². The molecule has 1 aromatic rings. The second-order valence-corrected chi connectivity index (χ2v) is 3.56. The average Bonchev–Trinajstić information content (AvgIpc) is 2.14. The van der Waals surface area contributed by atoms with E-state index in [1.165, 1.54) is 0 Å². The van der Waals surface area contributed by atoms with Crippen molar-refractivity contribution in [1.29, 1.82) is 0 Å². The molecule has 0 fully saturated rings. The fraction of sp³-hybridized carbons (Fsp3) is 0.429. The van der Waals surface area contributed by atoms with Gasteiger partial charge in [-0.1, -0.05) is 6.92 Å². The lowest BCUT2D eigenvalue weighted by atomic mass is 10.6. The number of nitrogens with one attached hydrogen (secondary N) is 1. The highest BCUT2D eigenvalue weighted by molar-refractivity contribution is 7.99. The first kappa shape index (κ1) is 10.1. The molecule has 6 heteroatoms. The normalized spacial score (nSPS) is 10.0. The molecule has 0 saturated carbocycles. The van der Waals surface area contributed by atoms with Crippen molar-refractivity contribution in [3.05, 3.63) is 6.07 Å². The van der Waals surface area contributed by atoms with Crippen LogP contribution in [0.4, 0.5) is 11.8 Å². The summed E-state index contributed by atoms with van der Waals surface area (Å²) in [4.78, 5) is 7.93. The van der Waals surface area contributed by atoms with Crippen LogP contribution in [0.2, 0.25) is 0 Å². The Hall–Kier alpha value is -1.01. The highest BCUT2D eigenvalue weighted by Gasteiger charge is 2.00. The Kier molecular flexibility index (Phi) is 3.78. The lowest BCUT2D eigenvalue weighted by Gasteiger charge is -2.03. The molecule has 0 bridgehead atoms. The Labute approximate surface area is 81.3 Å². The van der Waals surface area contributed by atoms with Crippen molar-refractivity contribution in [3.8, 4) is 0 Å². The quantitative estimate of drug-likeness (QED) is 0.288. The van der Waals surface area contributed by atoms with Crippen LogP contribution in [-0.4, -0.2) is 15.7 Å². The molecule has 0 aliphatic heterocycles. The number of hydrogen-bond acceptors (Lipinski definition) is 6. The van der Waals surface area contributed by atoms with Crippen molar-refractivity contribution in [3.63, 3.8) is 0 Å². The molecule has 0 amide bonds. The van der Waals surface area contributed by atoms with Crippen LogP contribution < -0.4 is 17.0 Å². The highest BCUT2D eigenvalue weighted by Crippen LogP contribution is 2.19. The van der Waals surface area contributed by atoms with Crippen LogP contribution in [-0.2, 0) is 0 Å². The van der Waals surface area contributed by atoms with Crippen LogP contribution in [0.5, 0.6) is 0 Å². The molecule has 0 atom stereocenters. The monoisotopic (exact) mass is 199 g/mol. The van der Waals surface area contributed by atoms with Crippen molar-refractivity contribution >= 4 is 23.5 Å². The van der Waals surface area contributed by atoms with E-state index in [0.29, 0.717) is 5.82 Å². The largest absolute Gasteiger partial charge is 0.368 e. The predicted octanol–water partition coefficient (Wildman–Crippen LogP) is 0.847. The van der Waals surface area contributed by atoms with Gasteiger partial charge in [-0.05, 0) is 12.2 Å². The SMILES string of the molecule is CCCSc1cc(NN)nc(N)n1. The van der Waals surface area contributed by atoms with Crippen molar-refractivity contribution in [2.75, 3.05) is 16.9 Å². The van der Waals surface area contributed by atoms with E-state index in [4.69, 9.17) is 11.6 Å². The number of hydrazine groups is 1.